The van der Waals surface area contributed by atoms with Gasteiger partial charge in [-0.3, -0.25) is 4.79 Å². The lowest BCUT2D eigenvalue weighted by Gasteiger charge is -2.40. The third kappa shape index (κ3) is 4.24. The fourth-order valence-electron chi connectivity index (χ4n) is 4.90. The smallest absolute Gasteiger partial charge is 0.345 e. The number of methoxy groups -OCH3 is 1. The molecule has 1 aliphatic carbocycles. The van der Waals surface area contributed by atoms with E-state index >= 15 is 0 Å². The summed E-state index contributed by atoms with van der Waals surface area (Å²) in [6.45, 7) is 5.39. The Hall–Kier alpha value is -1.73. The Morgan fingerprint density at radius 2 is 1.93 bits per heavy atom. The SMILES string of the molecule is CO[C@@H]1C[C@H]2CN(C(=O)CCc3c(C)nc(=O)[nH]c3C)C[C@H]2C[C@H]1N(C)C. The third-order valence-electron chi connectivity index (χ3n) is 6.45. The molecule has 1 aromatic heterocycles. The number of aromatic nitrogens is 2. The lowest BCUT2D eigenvalue weighted by molar-refractivity contribution is -0.130. The van der Waals surface area contributed by atoms with Crippen LogP contribution in [0.4, 0.5) is 0 Å². The first-order valence-electron chi connectivity index (χ1n) is 9.83. The molecule has 27 heavy (non-hydrogen) atoms. The summed E-state index contributed by atoms with van der Waals surface area (Å²) in [6.07, 6.45) is 3.43. The number of carbonyl (C=O) groups is 1. The van der Waals surface area contributed by atoms with Crippen LogP contribution in [0.1, 0.15) is 36.2 Å². The van der Waals surface area contributed by atoms with E-state index in [2.05, 4.69) is 29.0 Å². The number of likely N-dealkylation sites (tertiary alicyclic amines) is 1. The number of nitrogens with zero attached hydrogens (tertiary/aromatic N) is 3. The molecule has 0 aromatic carbocycles. The van der Waals surface area contributed by atoms with Crippen molar-refractivity contribution in [2.75, 3.05) is 34.3 Å². The molecule has 2 aliphatic rings. The average Bonchev–Trinajstić information content (AvgIpc) is 3.02. The zero-order chi connectivity index (χ0) is 19.7. The number of nitrogens with one attached hydrogen (secondary N) is 1. The number of aryl methyl sites for hydroxylation is 2. The summed E-state index contributed by atoms with van der Waals surface area (Å²) in [5.74, 6) is 1.30. The highest BCUT2D eigenvalue weighted by Gasteiger charge is 2.44. The Kier molecular flexibility index (Phi) is 6.01. The van der Waals surface area contributed by atoms with Crippen LogP contribution in [0.5, 0.6) is 0 Å². The molecular formula is C20H32N4O3. The molecule has 0 bridgehead atoms. The standard InChI is InChI=1S/C20H32N4O3/c1-12-16(13(2)22-20(26)21-12)6-7-19(25)24-10-14-8-17(23(3)4)18(27-5)9-15(14)11-24/h14-15,17-18H,6-11H2,1-5H3,(H,21,22,26)/t14-,15+,17-,18-/m1/s1. The molecule has 3 rings (SSSR count). The minimum absolute atomic E-state index is 0.199. The van der Waals surface area contributed by atoms with Crippen LogP contribution >= 0.6 is 0 Å². The van der Waals surface area contributed by atoms with Crippen molar-refractivity contribution in [1.29, 1.82) is 0 Å². The van der Waals surface area contributed by atoms with Gasteiger partial charge in [0.2, 0.25) is 5.91 Å². The molecule has 2 fully saturated rings. The lowest BCUT2D eigenvalue weighted by Crippen LogP contribution is -2.47. The Balaban J connectivity index is 1.61. The van der Waals surface area contributed by atoms with E-state index in [1.165, 1.54) is 0 Å². The van der Waals surface area contributed by atoms with Crippen LogP contribution in [0.15, 0.2) is 4.79 Å². The Bertz CT molecular complexity index is 719. The second-order valence-electron chi connectivity index (χ2n) is 8.33. The second kappa shape index (κ2) is 8.10. The molecular weight excluding hydrogens is 344 g/mol. The van der Waals surface area contributed by atoms with Gasteiger partial charge in [-0.1, -0.05) is 0 Å². The number of carbonyl (C=O) groups excluding carboxylic acids is 1. The molecule has 1 N–H and O–H groups in total. The molecule has 0 radical (unpaired) electrons. The first-order chi connectivity index (χ1) is 12.8. The van der Waals surface area contributed by atoms with Gasteiger partial charge in [0, 0.05) is 44.0 Å². The number of rotatable bonds is 5. The van der Waals surface area contributed by atoms with E-state index in [-0.39, 0.29) is 17.7 Å². The van der Waals surface area contributed by atoms with Crippen LogP contribution in [0.2, 0.25) is 0 Å². The topological polar surface area (TPSA) is 78.5 Å². The van der Waals surface area contributed by atoms with Crippen LogP contribution < -0.4 is 5.69 Å². The first-order valence-corrected chi connectivity index (χ1v) is 9.83. The summed E-state index contributed by atoms with van der Waals surface area (Å²) >= 11 is 0. The summed E-state index contributed by atoms with van der Waals surface area (Å²) < 4.78 is 5.73. The van der Waals surface area contributed by atoms with Crippen molar-refractivity contribution in [2.24, 2.45) is 11.8 Å². The fraction of sp³-hybridized carbons (Fsp3) is 0.750. The Labute approximate surface area is 161 Å². The molecule has 7 nitrogen and oxygen atoms in total. The number of aromatic amines is 1. The van der Waals surface area contributed by atoms with E-state index in [9.17, 15) is 9.59 Å². The summed E-state index contributed by atoms with van der Waals surface area (Å²) in [4.78, 5) is 35.2. The molecule has 2 heterocycles. The van der Waals surface area contributed by atoms with Gasteiger partial charge in [0.05, 0.1) is 6.10 Å². The predicted octanol–water partition coefficient (Wildman–Crippen LogP) is 1.13. The highest BCUT2D eigenvalue weighted by Crippen LogP contribution is 2.39. The van der Waals surface area contributed by atoms with Gasteiger partial charge >= 0.3 is 5.69 Å². The zero-order valence-corrected chi connectivity index (χ0v) is 17.1. The van der Waals surface area contributed by atoms with Gasteiger partial charge in [-0.05, 0) is 64.6 Å². The van der Waals surface area contributed by atoms with Crippen LogP contribution in [0, 0.1) is 25.7 Å². The van der Waals surface area contributed by atoms with Crippen molar-refractivity contribution in [1.82, 2.24) is 19.8 Å². The largest absolute Gasteiger partial charge is 0.380 e. The number of H-pyrrole nitrogens is 1. The maximum Gasteiger partial charge on any atom is 0.345 e. The van der Waals surface area contributed by atoms with Gasteiger partial charge in [0.1, 0.15) is 0 Å². The van der Waals surface area contributed by atoms with Crippen molar-refractivity contribution in [3.05, 3.63) is 27.4 Å². The number of hydrogen-bond donors (Lipinski definition) is 1. The third-order valence-corrected chi connectivity index (χ3v) is 6.45. The Morgan fingerprint density at radius 1 is 1.26 bits per heavy atom. The fourth-order valence-corrected chi connectivity index (χ4v) is 4.90. The Morgan fingerprint density at radius 3 is 2.52 bits per heavy atom. The van der Waals surface area contributed by atoms with Crippen LogP contribution in [0.25, 0.3) is 0 Å². The minimum atomic E-state index is -0.327. The van der Waals surface area contributed by atoms with Crippen molar-refractivity contribution in [3.63, 3.8) is 0 Å². The normalized spacial score (nSPS) is 27.9. The average molecular weight is 377 g/mol. The maximum atomic E-state index is 12.8. The molecule has 1 aliphatic heterocycles. The van der Waals surface area contributed by atoms with Gasteiger partial charge in [0.25, 0.3) is 0 Å². The molecule has 0 spiro atoms. The van der Waals surface area contributed by atoms with Crippen LogP contribution in [-0.4, -0.2) is 72.1 Å². The summed E-state index contributed by atoms with van der Waals surface area (Å²) in [6, 6.07) is 0.420. The molecule has 1 saturated carbocycles. The highest BCUT2D eigenvalue weighted by atomic mass is 16.5. The quantitative estimate of drug-likeness (QED) is 0.834. The number of hydrogen-bond acceptors (Lipinski definition) is 5. The van der Waals surface area contributed by atoms with Crippen LogP contribution in [-0.2, 0) is 16.0 Å². The molecule has 1 aromatic rings. The van der Waals surface area contributed by atoms with Crippen molar-refractivity contribution >= 4 is 5.91 Å². The number of ether oxygens (including phenoxy) is 1. The van der Waals surface area contributed by atoms with E-state index in [1.54, 1.807) is 7.11 Å². The van der Waals surface area contributed by atoms with Crippen molar-refractivity contribution < 1.29 is 9.53 Å². The summed E-state index contributed by atoms with van der Waals surface area (Å²) in [5.41, 5.74) is 2.18. The van der Waals surface area contributed by atoms with E-state index in [0.29, 0.717) is 30.7 Å². The lowest BCUT2D eigenvalue weighted by atomic mass is 9.77. The molecule has 7 heteroatoms. The van der Waals surface area contributed by atoms with Gasteiger partial charge in [-0.2, -0.15) is 4.98 Å². The minimum Gasteiger partial charge on any atom is -0.380 e. The molecule has 150 valence electrons. The van der Waals surface area contributed by atoms with Gasteiger partial charge in [-0.25, -0.2) is 4.79 Å². The molecule has 4 atom stereocenters. The number of amides is 1. The van der Waals surface area contributed by atoms with E-state index in [0.717, 1.165) is 42.9 Å². The predicted molar refractivity (Wildman–Crippen MR) is 104 cm³/mol. The highest BCUT2D eigenvalue weighted by molar-refractivity contribution is 5.76. The van der Waals surface area contributed by atoms with Crippen LogP contribution in [0.3, 0.4) is 0 Å². The maximum absolute atomic E-state index is 12.8. The second-order valence-corrected chi connectivity index (χ2v) is 8.33. The summed E-state index contributed by atoms with van der Waals surface area (Å²) in [7, 11) is 6.01. The molecule has 0 unspecified atom stereocenters. The zero-order valence-electron chi connectivity index (χ0n) is 17.1. The van der Waals surface area contributed by atoms with Crippen molar-refractivity contribution in [2.45, 2.75) is 51.7 Å². The van der Waals surface area contributed by atoms with E-state index < -0.39 is 0 Å². The monoisotopic (exact) mass is 376 g/mol. The number of fused-ring (bicyclic) bond motifs is 1. The molecule has 1 amide bonds. The summed E-state index contributed by atoms with van der Waals surface area (Å²) in [5, 5.41) is 0. The number of likely N-dealkylation sites (N-methyl/N-ethyl adjacent to an activating group) is 1. The van der Waals surface area contributed by atoms with Gasteiger partial charge in [0.15, 0.2) is 0 Å². The van der Waals surface area contributed by atoms with E-state index in [4.69, 9.17) is 4.74 Å². The van der Waals surface area contributed by atoms with Gasteiger partial charge in [-0.15, -0.1) is 0 Å². The molecule has 1 saturated heterocycles. The van der Waals surface area contributed by atoms with Gasteiger partial charge < -0.3 is 19.5 Å². The first kappa shape index (κ1) is 20.0. The van der Waals surface area contributed by atoms with Crippen molar-refractivity contribution in [3.8, 4) is 0 Å². The van der Waals surface area contributed by atoms with E-state index in [1.807, 2.05) is 18.7 Å².